The molecule has 8 aliphatic rings. The van der Waals surface area contributed by atoms with Gasteiger partial charge in [-0.1, -0.05) is 55.8 Å². The van der Waals surface area contributed by atoms with E-state index in [0.717, 1.165) is 11.1 Å². The molecule has 0 aromatic heterocycles. The molecule has 0 radical (unpaired) electrons. The molecule has 3 saturated carbocycles. The van der Waals surface area contributed by atoms with Crippen LogP contribution in [0.25, 0.3) is 6.08 Å². The van der Waals surface area contributed by atoms with Gasteiger partial charge >= 0.3 is 11.9 Å². The first-order valence-corrected chi connectivity index (χ1v) is 28.9. The lowest BCUT2D eigenvalue weighted by molar-refractivity contribution is -0.356. The highest BCUT2D eigenvalue weighted by Gasteiger charge is 2.81. The lowest BCUT2D eigenvalue weighted by Crippen LogP contribution is -2.79. The SMILES string of the molecule is COC1CC(OC2CCC3(C)C(=CCC4(O)C3C(OC(C)=O)C(C(=O)OC=Cc3ccccc3)C3(C)C(C(C)=O)CCC43O)C2)OC(C)C1OC1CC(OC)C(OC2CC(OC)C(OC3OC(C)C(O)C(OC)C3O)C(C)O2)C(C)O1. The van der Waals surface area contributed by atoms with E-state index >= 15 is 0 Å². The Morgan fingerprint density at radius 1 is 0.654 bits per heavy atom. The first-order chi connectivity index (χ1) is 38.5. The Kier molecular flexibility index (Phi) is 19.2. The van der Waals surface area contributed by atoms with Crippen LogP contribution in [0.4, 0.5) is 0 Å². The van der Waals surface area contributed by atoms with Crippen molar-refractivity contribution in [3.8, 4) is 0 Å². The molecule has 4 N–H and O–H groups in total. The molecule has 4 aliphatic heterocycles. The van der Waals surface area contributed by atoms with E-state index in [0.29, 0.717) is 32.1 Å². The number of aliphatic hydroxyl groups is 4. The topological polar surface area (TPSA) is 261 Å². The fraction of sp³-hybridized carbons (Fsp3) is 0.783. The summed E-state index contributed by atoms with van der Waals surface area (Å²) in [5.74, 6) is -4.79. The normalized spacial score (nSPS) is 47.1. The lowest BCUT2D eigenvalue weighted by atomic mass is 9.40. The number of ether oxygens (including phenoxy) is 14. The van der Waals surface area contributed by atoms with Crippen molar-refractivity contribution in [3.05, 3.63) is 53.8 Å². The van der Waals surface area contributed by atoms with Gasteiger partial charge in [0.1, 0.15) is 65.6 Å². The van der Waals surface area contributed by atoms with Gasteiger partial charge in [0, 0.05) is 71.9 Å². The van der Waals surface area contributed by atoms with Gasteiger partial charge in [-0.3, -0.25) is 14.4 Å². The maximum Gasteiger partial charge on any atom is 0.318 e. The van der Waals surface area contributed by atoms with Gasteiger partial charge < -0.3 is 86.7 Å². The minimum atomic E-state index is -1.94. The van der Waals surface area contributed by atoms with E-state index < -0.39 is 162 Å². The molecule has 0 amide bonds. The van der Waals surface area contributed by atoms with E-state index in [1.807, 2.05) is 64.1 Å². The molecule has 4 saturated heterocycles. The van der Waals surface area contributed by atoms with Gasteiger partial charge in [0.15, 0.2) is 25.2 Å². The highest BCUT2D eigenvalue weighted by Crippen LogP contribution is 2.72. The number of fused-ring (bicyclic) bond motifs is 5. The second kappa shape index (κ2) is 24.9. The van der Waals surface area contributed by atoms with Crippen molar-refractivity contribution >= 4 is 23.8 Å². The van der Waals surface area contributed by atoms with Crippen LogP contribution in [0, 0.1) is 28.6 Å². The van der Waals surface area contributed by atoms with Crippen LogP contribution in [-0.4, -0.2) is 195 Å². The fourth-order valence-electron chi connectivity index (χ4n) is 15.7. The molecule has 0 spiro atoms. The fourth-order valence-corrected chi connectivity index (χ4v) is 15.7. The third-order valence-corrected chi connectivity index (χ3v) is 19.8. The number of ketones is 1. The van der Waals surface area contributed by atoms with Crippen molar-refractivity contribution in [2.45, 2.75) is 241 Å². The third kappa shape index (κ3) is 11.5. The van der Waals surface area contributed by atoms with Crippen LogP contribution in [-0.2, 0) is 80.7 Å². The summed E-state index contributed by atoms with van der Waals surface area (Å²) < 4.78 is 87.0. The van der Waals surface area contributed by atoms with Gasteiger partial charge in [-0.25, -0.2) is 0 Å². The van der Waals surface area contributed by atoms with Crippen LogP contribution in [0.1, 0.15) is 119 Å². The molecular formula is C60H88O21. The Balaban J connectivity index is 0.838. The maximum absolute atomic E-state index is 14.7. The molecule has 26 unspecified atom stereocenters. The Labute approximate surface area is 475 Å². The zero-order valence-corrected chi connectivity index (χ0v) is 48.9. The number of esters is 2. The molecule has 454 valence electrons. The van der Waals surface area contributed by atoms with Crippen molar-refractivity contribution in [2.75, 3.05) is 28.4 Å². The molecule has 1 aromatic carbocycles. The minimum absolute atomic E-state index is 0.0100. The van der Waals surface area contributed by atoms with E-state index in [9.17, 15) is 34.8 Å². The molecule has 21 nitrogen and oxygen atoms in total. The third-order valence-electron chi connectivity index (χ3n) is 19.8. The lowest BCUT2D eigenvalue weighted by Gasteiger charge is -2.68. The Morgan fingerprint density at radius 2 is 1.21 bits per heavy atom. The molecule has 7 fully saturated rings. The average molecular weight is 1150 g/mol. The molecule has 4 aliphatic carbocycles. The quantitative estimate of drug-likeness (QED) is 0.0924. The van der Waals surface area contributed by atoms with Crippen LogP contribution in [0.15, 0.2) is 48.2 Å². The number of carbonyl (C=O) groups is 3. The molecular weight excluding hydrogens is 1060 g/mol. The Bertz CT molecular complexity index is 2410. The van der Waals surface area contributed by atoms with Crippen LogP contribution in [0.3, 0.4) is 0 Å². The summed E-state index contributed by atoms with van der Waals surface area (Å²) >= 11 is 0. The molecule has 81 heavy (non-hydrogen) atoms. The Hall–Kier alpha value is -3.33. The van der Waals surface area contributed by atoms with Crippen molar-refractivity contribution in [3.63, 3.8) is 0 Å². The molecule has 9 rings (SSSR count). The predicted molar refractivity (Wildman–Crippen MR) is 286 cm³/mol. The number of hydrogen-bond donors (Lipinski definition) is 4. The number of carbonyl (C=O) groups excluding carboxylic acids is 3. The van der Waals surface area contributed by atoms with E-state index in [1.165, 1.54) is 27.2 Å². The summed E-state index contributed by atoms with van der Waals surface area (Å²) in [5, 5.41) is 47.9. The van der Waals surface area contributed by atoms with Gasteiger partial charge in [-0.2, -0.15) is 0 Å². The number of hydrogen-bond acceptors (Lipinski definition) is 21. The molecule has 0 bridgehead atoms. The van der Waals surface area contributed by atoms with Crippen molar-refractivity contribution < 1.29 is 101 Å². The smallest absolute Gasteiger partial charge is 0.318 e. The van der Waals surface area contributed by atoms with Crippen molar-refractivity contribution in [1.82, 2.24) is 0 Å². The molecule has 1 aromatic rings. The van der Waals surface area contributed by atoms with Crippen LogP contribution >= 0.6 is 0 Å². The van der Waals surface area contributed by atoms with Gasteiger partial charge in [0.05, 0.1) is 55.1 Å². The summed E-state index contributed by atoms with van der Waals surface area (Å²) in [5.41, 5.74) is -4.58. The zero-order valence-electron chi connectivity index (χ0n) is 48.9. The van der Waals surface area contributed by atoms with E-state index in [1.54, 1.807) is 41.3 Å². The van der Waals surface area contributed by atoms with Gasteiger partial charge in [0.2, 0.25) is 0 Å². The average Bonchev–Trinajstić information content (AvgIpc) is 2.40. The molecule has 21 heteroatoms. The number of aliphatic hydroxyl groups excluding tert-OH is 2. The summed E-state index contributed by atoms with van der Waals surface area (Å²) in [7, 11) is 6.21. The van der Waals surface area contributed by atoms with Gasteiger partial charge in [-0.15, -0.1) is 0 Å². The highest BCUT2D eigenvalue weighted by atomic mass is 16.8. The number of Topliss-reactive ketones (excluding diaryl/α,β-unsaturated/α-hetero) is 1. The number of methoxy groups -OCH3 is 4. The van der Waals surface area contributed by atoms with Crippen LogP contribution < -0.4 is 0 Å². The van der Waals surface area contributed by atoms with Gasteiger partial charge in [0.25, 0.3) is 0 Å². The maximum atomic E-state index is 14.7. The predicted octanol–water partition coefficient (Wildman–Crippen LogP) is 4.84. The standard InChI is InChI=1S/C60H88O21/c1-30(61)39-20-24-60(67)58(39,8)46(55(65)72-25-21-36-16-14-13-15-17-36)52(77-35(6)62)54-57(7)22-19-38(26-37(57)18-23-59(54,60)66)78-43-27-40(68-9)49(32(3)73-43)79-44-28-41(69-10)50(33(4)74-44)80-45-29-42(70-11)51(34(5)75-45)81-56-48(64)53(71-12)47(63)31(2)76-56/h13-18,21,25,31-34,38-54,56,63-64,66-67H,19-20,22-24,26-29H2,1-12H3. The monoisotopic (exact) mass is 1140 g/mol. The summed E-state index contributed by atoms with van der Waals surface area (Å²) in [6.07, 6.45) is -5.93. The largest absolute Gasteiger partial charge is 0.461 e. The van der Waals surface area contributed by atoms with E-state index in [4.69, 9.17) is 66.3 Å². The first-order valence-electron chi connectivity index (χ1n) is 28.9. The van der Waals surface area contributed by atoms with Crippen LogP contribution in [0.2, 0.25) is 0 Å². The zero-order chi connectivity index (χ0) is 58.5. The van der Waals surface area contributed by atoms with Crippen molar-refractivity contribution in [1.29, 1.82) is 0 Å². The summed E-state index contributed by atoms with van der Waals surface area (Å²) in [6.45, 7) is 13.7. The number of benzene rings is 1. The Morgan fingerprint density at radius 3 is 1.74 bits per heavy atom. The van der Waals surface area contributed by atoms with E-state index in [2.05, 4.69) is 0 Å². The summed E-state index contributed by atoms with van der Waals surface area (Å²) in [6, 6.07) is 9.28. The second-order valence-corrected chi connectivity index (χ2v) is 24.3. The van der Waals surface area contributed by atoms with E-state index in [-0.39, 0.29) is 37.6 Å². The molecule has 26 atom stereocenters. The van der Waals surface area contributed by atoms with Crippen molar-refractivity contribution in [2.24, 2.45) is 28.6 Å². The van der Waals surface area contributed by atoms with Crippen LogP contribution in [0.5, 0.6) is 0 Å². The first kappa shape index (κ1) is 62.2. The highest BCUT2D eigenvalue weighted by molar-refractivity contribution is 5.84. The number of rotatable bonds is 17. The summed E-state index contributed by atoms with van der Waals surface area (Å²) in [4.78, 5) is 41.5. The minimum Gasteiger partial charge on any atom is -0.461 e. The van der Waals surface area contributed by atoms with Gasteiger partial charge in [-0.05, 0) is 90.2 Å². The molecule has 4 heterocycles. The second-order valence-electron chi connectivity index (χ2n) is 24.3.